The van der Waals surface area contributed by atoms with E-state index in [-0.39, 0.29) is 17.9 Å². The summed E-state index contributed by atoms with van der Waals surface area (Å²) in [5.74, 6) is 0.540. The Balaban J connectivity index is 4.59. The molecule has 0 amide bonds. The van der Waals surface area contributed by atoms with Crippen molar-refractivity contribution in [2.24, 2.45) is 11.8 Å². The molecule has 0 aromatic carbocycles. The van der Waals surface area contributed by atoms with Crippen LogP contribution >= 0.6 is 7.82 Å². The number of phosphoric acid groups is 1. The number of unbranched alkanes of at least 4 members (excludes halogenated alkanes) is 4. The van der Waals surface area contributed by atoms with E-state index in [2.05, 4.69) is 41.5 Å². The predicted molar refractivity (Wildman–Crippen MR) is 93.1 cm³/mol. The normalized spacial score (nSPS) is 15.0. The SMILES string of the molecule is CCCCCCOP(=O)(OCCCC)OC(C(C)C)C(C)C. The zero-order valence-electron chi connectivity index (χ0n) is 15.5. The van der Waals surface area contributed by atoms with Gasteiger partial charge in [-0.25, -0.2) is 4.57 Å². The first-order valence-electron chi connectivity index (χ1n) is 8.93. The first kappa shape index (κ1) is 22.1. The fourth-order valence-electron chi connectivity index (χ4n) is 2.29. The molecule has 4 nitrogen and oxygen atoms in total. The molecule has 0 aromatic rings. The first-order valence-corrected chi connectivity index (χ1v) is 10.4. The number of hydrogen-bond donors (Lipinski definition) is 0. The van der Waals surface area contributed by atoms with Crippen LogP contribution in [0.1, 0.15) is 80.1 Å². The van der Waals surface area contributed by atoms with Crippen LogP contribution in [0.25, 0.3) is 0 Å². The van der Waals surface area contributed by atoms with Crippen molar-refractivity contribution in [3.8, 4) is 0 Å². The van der Waals surface area contributed by atoms with Crippen molar-refractivity contribution in [2.45, 2.75) is 86.2 Å². The van der Waals surface area contributed by atoms with E-state index < -0.39 is 7.82 Å². The second kappa shape index (κ2) is 12.5. The maximum atomic E-state index is 12.9. The Bertz CT molecular complexity index is 297. The van der Waals surface area contributed by atoms with Crippen molar-refractivity contribution in [1.82, 2.24) is 0 Å². The quantitative estimate of drug-likeness (QED) is 0.279. The van der Waals surface area contributed by atoms with Gasteiger partial charge in [-0.3, -0.25) is 13.6 Å². The van der Waals surface area contributed by atoms with Crippen LogP contribution in [0.2, 0.25) is 0 Å². The lowest BCUT2D eigenvalue weighted by Gasteiger charge is -2.29. The van der Waals surface area contributed by atoms with Crippen LogP contribution in [0, 0.1) is 11.8 Å². The number of phosphoric ester groups is 1. The van der Waals surface area contributed by atoms with E-state index in [4.69, 9.17) is 13.6 Å². The minimum Gasteiger partial charge on any atom is -0.287 e. The second-order valence-corrected chi connectivity index (χ2v) is 8.21. The maximum absolute atomic E-state index is 12.9. The monoisotopic (exact) mass is 336 g/mol. The maximum Gasteiger partial charge on any atom is 0.475 e. The summed E-state index contributed by atoms with van der Waals surface area (Å²) in [4.78, 5) is 0. The Kier molecular flexibility index (Phi) is 12.6. The molecule has 0 aliphatic rings. The molecule has 134 valence electrons. The Morgan fingerprint density at radius 2 is 1.27 bits per heavy atom. The molecule has 0 aliphatic carbocycles. The molecule has 0 spiro atoms. The fourth-order valence-corrected chi connectivity index (χ4v) is 3.97. The summed E-state index contributed by atoms with van der Waals surface area (Å²) in [5.41, 5.74) is 0. The lowest BCUT2D eigenvalue weighted by molar-refractivity contribution is 0.0342. The van der Waals surface area contributed by atoms with Gasteiger partial charge in [-0.15, -0.1) is 0 Å². The molecule has 0 saturated heterocycles. The van der Waals surface area contributed by atoms with Crippen LogP contribution < -0.4 is 0 Å². The largest absolute Gasteiger partial charge is 0.475 e. The van der Waals surface area contributed by atoms with Crippen LogP contribution in [0.5, 0.6) is 0 Å². The van der Waals surface area contributed by atoms with E-state index >= 15 is 0 Å². The van der Waals surface area contributed by atoms with E-state index in [0.29, 0.717) is 13.2 Å². The molecule has 0 bridgehead atoms. The van der Waals surface area contributed by atoms with Crippen LogP contribution in [0.4, 0.5) is 0 Å². The van der Waals surface area contributed by atoms with E-state index in [0.717, 1.165) is 25.7 Å². The topological polar surface area (TPSA) is 44.8 Å². The standard InChI is InChI=1S/C17H37O4P/c1-7-9-11-12-14-20-22(18,19-13-10-8-2)21-17(15(3)4)16(5)6/h15-17H,7-14H2,1-6H3. The van der Waals surface area contributed by atoms with Gasteiger partial charge in [0.1, 0.15) is 0 Å². The third-order valence-corrected chi connectivity index (χ3v) is 5.06. The van der Waals surface area contributed by atoms with Gasteiger partial charge in [0.05, 0.1) is 19.3 Å². The minimum atomic E-state index is -3.46. The zero-order valence-corrected chi connectivity index (χ0v) is 16.4. The summed E-state index contributed by atoms with van der Waals surface area (Å²) in [6.07, 6.45) is 6.06. The highest BCUT2D eigenvalue weighted by Gasteiger charge is 2.33. The van der Waals surface area contributed by atoms with Gasteiger partial charge in [-0.05, 0) is 24.7 Å². The minimum absolute atomic E-state index is 0.122. The Labute approximate surface area is 137 Å². The molecule has 0 radical (unpaired) electrons. The molecule has 0 heterocycles. The lowest BCUT2D eigenvalue weighted by Crippen LogP contribution is -2.25. The highest BCUT2D eigenvalue weighted by molar-refractivity contribution is 7.48. The molecule has 5 heteroatoms. The van der Waals surface area contributed by atoms with Crippen LogP contribution in [-0.2, 0) is 18.1 Å². The van der Waals surface area contributed by atoms with Gasteiger partial charge in [0, 0.05) is 0 Å². The summed E-state index contributed by atoms with van der Waals surface area (Å²) in [6, 6.07) is 0. The van der Waals surface area contributed by atoms with Crippen molar-refractivity contribution in [2.75, 3.05) is 13.2 Å². The molecule has 1 unspecified atom stereocenters. The lowest BCUT2D eigenvalue weighted by atomic mass is 9.97. The van der Waals surface area contributed by atoms with Crippen molar-refractivity contribution < 1.29 is 18.1 Å². The number of hydrogen-bond acceptors (Lipinski definition) is 4. The van der Waals surface area contributed by atoms with Gasteiger partial charge in [0.2, 0.25) is 0 Å². The summed E-state index contributed by atoms with van der Waals surface area (Å²) in [5, 5.41) is 0. The summed E-state index contributed by atoms with van der Waals surface area (Å²) in [7, 11) is -3.46. The van der Waals surface area contributed by atoms with E-state index in [1.165, 1.54) is 12.8 Å². The average molecular weight is 336 g/mol. The van der Waals surface area contributed by atoms with Crippen molar-refractivity contribution >= 4 is 7.82 Å². The van der Waals surface area contributed by atoms with Gasteiger partial charge in [0.25, 0.3) is 0 Å². The Morgan fingerprint density at radius 1 is 0.773 bits per heavy atom. The zero-order chi connectivity index (χ0) is 17.0. The van der Waals surface area contributed by atoms with E-state index in [9.17, 15) is 4.57 Å². The molecule has 22 heavy (non-hydrogen) atoms. The van der Waals surface area contributed by atoms with Gasteiger partial charge in [0.15, 0.2) is 0 Å². The van der Waals surface area contributed by atoms with Crippen molar-refractivity contribution in [3.05, 3.63) is 0 Å². The third kappa shape index (κ3) is 9.99. The number of rotatable bonds is 14. The molecule has 0 saturated carbocycles. The summed E-state index contributed by atoms with van der Waals surface area (Å²) in [6.45, 7) is 13.4. The molecule has 0 aromatic heterocycles. The summed E-state index contributed by atoms with van der Waals surface area (Å²) >= 11 is 0. The highest BCUT2D eigenvalue weighted by atomic mass is 31.2. The predicted octanol–water partition coefficient (Wildman–Crippen LogP) is 6.21. The van der Waals surface area contributed by atoms with Gasteiger partial charge < -0.3 is 0 Å². The Morgan fingerprint density at radius 3 is 1.73 bits per heavy atom. The Hall–Kier alpha value is 0.110. The highest BCUT2D eigenvalue weighted by Crippen LogP contribution is 2.52. The van der Waals surface area contributed by atoms with Gasteiger partial charge in [-0.1, -0.05) is 67.2 Å². The van der Waals surface area contributed by atoms with Crippen LogP contribution in [-0.4, -0.2) is 19.3 Å². The van der Waals surface area contributed by atoms with E-state index in [1.54, 1.807) is 0 Å². The molecule has 0 aliphatic heterocycles. The molecular weight excluding hydrogens is 299 g/mol. The second-order valence-electron chi connectivity index (χ2n) is 6.59. The first-order chi connectivity index (χ1) is 10.4. The fraction of sp³-hybridized carbons (Fsp3) is 1.00. The van der Waals surface area contributed by atoms with Crippen LogP contribution in [0.3, 0.4) is 0 Å². The molecule has 0 N–H and O–H groups in total. The van der Waals surface area contributed by atoms with Gasteiger partial charge >= 0.3 is 7.82 Å². The molecule has 0 rings (SSSR count). The molecule has 0 fully saturated rings. The van der Waals surface area contributed by atoms with Crippen LogP contribution in [0.15, 0.2) is 0 Å². The molecule has 1 atom stereocenters. The van der Waals surface area contributed by atoms with Crippen molar-refractivity contribution in [1.29, 1.82) is 0 Å². The molecular formula is C17H37O4P. The van der Waals surface area contributed by atoms with Crippen molar-refractivity contribution in [3.63, 3.8) is 0 Å². The average Bonchev–Trinajstić information content (AvgIpc) is 2.44. The summed E-state index contributed by atoms with van der Waals surface area (Å²) < 4.78 is 29.8. The van der Waals surface area contributed by atoms with Gasteiger partial charge in [-0.2, -0.15) is 0 Å². The third-order valence-electron chi connectivity index (χ3n) is 3.56. The van der Waals surface area contributed by atoms with E-state index in [1.807, 2.05) is 0 Å². The smallest absolute Gasteiger partial charge is 0.287 e.